The van der Waals surface area contributed by atoms with Gasteiger partial charge >= 0.3 is 0 Å². The van der Waals surface area contributed by atoms with Gasteiger partial charge in [-0.15, -0.1) is 0 Å². The van der Waals surface area contributed by atoms with Gasteiger partial charge in [-0.3, -0.25) is 9.59 Å². The van der Waals surface area contributed by atoms with Crippen LogP contribution in [0.5, 0.6) is 0 Å². The maximum Gasteiger partial charge on any atom is 0.293 e. The van der Waals surface area contributed by atoms with E-state index in [2.05, 4.69) is 25.2 Å². The molecule has 3 rings (SSSR count). The van der Waals surface area contributed by atoms with Crippen molar-refractivity contribution in [1.82, 2.24) is 19.9 Å². The molecule has 24 heavy (non-hydrogen) atoms. The Labute approximate surface area is 139 Å². The fourth-order valence-corrected chi connectivity index (χ4v) is 3.37. The van der Waals surface area contributed by atoms with E-state index in [-0.39, 0.29) is 29.6 Å². The van der Waals surface area contributed by atoms with Crippen molar-refractivity contribution in [2.45, 2.75) is 52.1 Å². The van der Waals surface area contributed by atoms with E-state index in [9.17, 15) is 9.59 Å². The second-order valence-corrected chi connectivity index (χ2v) is 6.24. The normalized spacial score (nSPS) is 16.2. The average molecular weight is 331 g/mol. The van der Waals surface area contributed by atoms with E-state index in [1.807, 2.05) is 0 Å². The topological polar surface area (TPSA) is 103 Å². The molecule has 2 heterocycles. The number of ketones is 1. The highest BCUT2D eigenvalue weighted by molar-refractivity contribution is 5.80. The summed E-state index contributed by atoms with van der Waals surface area (Å²) in [6.07, 6.45) is 7.32. The lowest BCUT2D eigenvalue weighted by atomic mass is 9.95. The van der Waals surface area contributed by atoms with Crippen LogP contribution in [0.25, 0.3) is 0 Å². The fourth-order valence-electron chi connectivity index (χ4n) is 3.37. The van der Waals surface area contributed by atoms with Crippen LogP contribution in [0.1, 0.15) is 50.0 Å². The quantitative estimate of drug-likeness (QED) is 0.861. The van der Waals surface area contributed by atoms with Crippen LogP contribution in [0.2, 0.25) is 0 Å². The lowest BCUT2D eigenvalue weighted by Gasteiger charge is -2.23. The van der Waals surface area contributed by atoms with Gasteiger partial charge in [-0.2, -0.15) is 0 Å². The van der Waals surface area contributed by atoms with Crippen LogP contribution in [0.3, 0.4) is 0 Å². The van der Waals surface area contributed by atoms with Crippen molar-refractivity contribution in [3.8, 4) is 0 Å². The molecule has 0 radical (unpaired) electrons. The molecule has 1 aliphatic rings. The number of nitrogens with one attached hydrogen (secondary N) is 1. The number of anilines is 1. The van der Waals surface area contributed by atoms with Gasteiger partial charge in [0, 0.05) is 12.4 Å². The highest BCUT2D eigenvalue weighted by Crippen LogP contribution is 2.34. The molecular weight excluding hydrogens is 310 g/mol. The summed E-state index contributed by atoms with van der Waals surface area (Å²) in [6.45, 7) is 3.61. The molecule has 0 bridgehead atoms. The molecule has 8 heteroatoms. The van der Waals surface area contributed by atoms with Gasteiger partial charge in [0.05, 0.1) is 12.6 Å². The molecule has 0 amide bonds. The first-order valence-electron chi connectivity index (χ1n) is 8.17. The Morgan fingerprint density at radius 3 is 2.79 bits per heavy atom. The molecule has 0 aromatic carbocycles. The van der Waals surface area contributed by atoms with Gasteiger partial charge < -0.3 is 9.88 Å². The lowest BCUT2D eigenvalue weighted by Crippen LogP contribution is -2.34. The average Bonchev–Trinajstić information content (AvgIpc) is 3.20. The van der Waals surface area contributed by atoms with Crippen LogP contribution in [-0.2, 0) is 11.3 Å². The van der Waals surface area contributed by atoms with Crippen molar-refractivity contribution in [3.63, 3.8) is 0 Å². The minimum Gasteiger partial charge on any atom is -0.360 e. The zero-order valence-corrected chi connectivity index (χ0v) is 13.9. The van der Waals surface area contributed by atoms with Crippen molar-refractivity contribution >= 4 is 11.6 Å². The van der Waals surface area contributed by atoms with E-state index in [4.69, 9.17) is 0 Å². The molecule has 1 N–H and O–H groups in total. The third-order valence-electron chi connectivity index (χ3n) is 4.60. The summed E-state index contributed by atoms with van der Waals surface area (Å²) in [6, 6.07) is -0.418. The van der Waals surface area contributed by atoms with Crippen molar-refractivity contribution < 1.29 is 9.42 Å². The summed E-state index contributed by atoms with van der Waals surface area (Å²) < 4.78 is 6.15. The smallest absolute Gasteiger partial charge is 0.293 e. The van der Waals surface area contributed by atoms with Crippen molar-refractivity contribution in [1.29, 1.82) is 0 Å². The molecule has 1 atom stereocenters. The second kappa shape index (κ2) is 6.94. The van der Waals surface area contributed by atoms with Gasteiger partial charge in [0.25, 0.3) is 5.56 Å². The molecule has 0 saturated heterocycles. The highest BCUT2D eigenvalue weighted by atomic mass is 16.6. The monoisotopic (exact) mass is 331 g/mol. The Morgan fingerprint density at radius 2 is 2.17 bits per heavy atom. The molecule has 0 spiro atoms. The minimum atomic E-state index is -0.418. The molecule has 1 unspecified atom stereocenters. The molecule has 8 nitrogen and oxygen atoms in total. The number of Topliss-reactive ketones (excluding diaryl/α,β-unsaturated/α-hetero) is 1. The first-order valence-corrected chi connectivity index (χ1v) is 8.17. The minimum absolute atomic E-state index is 0.0118. The summed E-state index contributed by atoms with van der Waals surface area (Å²) in [7, 11) is 0. The third kappa shape index (κ3) is 3.22. The maximum atomic E-state index is 12.7. The Morgan fingerprint density at radius 1 is 1.42 bits per heavy atom. The summed E-state index contributed by atoms with van der Waals surface area (Å²) in [5, 5.41) is 10.4. The Balaban J connectivity index is 1.85. The number of carbonyl (C=O) groups excluding carboxylic acids is 1. The molecule has 2 aromatic rings. The molecule has 1 aliphatic carbocycles. The lowest BCUT2D eigenvalue weighted by molar-refractivity contribution is -0.121. The van der Waals surface area contributed by atoms with Gasteiger partial charge in [0.15, 0.2) is 11.6 Å². The van der Waals surface area contributed by atoms with E-state index in [0.29, 0.717) is 11.4 Å². The SMILES string of the molecule is CC(=O)C(C1CCCC1)n1ccnc(NCc2nonc2C)c1=O. The van der Waals surface area contributed by atoms with Gasteiger partial charge in [-0.1, -0.05) is 23.2 Å². The number of aryl methyl sites for hydroxylation is 1. The van der Waals surface area contributed by atoms with Crippen LogP contribution >= 0.6 is 0 Å². The van der Waals surface area contributed by atoms with E-state index < -0.39 is 6.04 Å². The Hall–Kier alpha value is -2.51. The molecule has 1 fully saturated rings. The second-order valence-electron chi connectivity index (χ2n) is 6.24. The van der Waals surface area contributed by atoms with E-state index in [1.165, 1.54) is 4.57 Å². The predicted molar refractivity (Wildman–Crippen MR) is 86.5 cm³/mol. The number of hydrogen-bond acceptors (Lipinski definition) is 7. The number of aromatic nitrogens is 4. The largest absolute Gasteiger partial charge is 0.360 e. The van der Waals surface area contributed by atoms with Gasteiger partial charge in [-0.25, -0.2) is 9.61 Å². The Kier molecular flexibility index (Phi) is 4.73. The zero-order chi connectivity index (χ0) is 17.1. The zero-order valence-electron chi connectivity index (χ0n) is 13.9. The van der Waals surface area contributed by atoms with Crippen LogP contribution < -0.4 is 10.9 Å². The van der Waals surface area contributed by atoms with E-state index >= 15 is 0 Å². The summed E-state index contributed by atoms with van der Waals surface area (Å²) in [5.74, 6) is 0.430. The van der Waals surface area contributed by atoms with Gasteiger partial charge in [0.1, 0.15) is 11.4 Å². The predicted octanol–water partition coefficient (Wildman–Crippen LogP) is 1.87. The van der Waals surface area contributed by atoms with Crippen LogP contribution in [0.15, 0.2) is 21.8 Å². The van der Waals surface area contributed by atoms with Crippen molar-refractivity contribution in [2.24, 2.45) is 5.92 Å². The third-order valence-corrected chi connectivity index (χ3v) is 4.60. The van der Waals surface area contributed by atoms with Gasteiger partial charge in [-0.05, 0) is 32.6 Å². The summed E-state index contributed by atoms with van der Waals surface area (Å²) in [5.41, 5.74) is 0.982. The number of rotatable bonds is 6. The first kappa shape index (κ1) is 16.4. The molecule has 0 aliphatic heterocycles. The molecular formula is C16H21N5O3. The Bertz CT molecular complexity index is 776. The summed E-state index contributed by atoms with van der Waals surface area (Å²) >= 11 is 0. The summed E-state index contributed by atoms with van der Waals surface area (Å²) in [4.78, 5) is 29.0. The maximum absolute atomic E-state index is 12.7. The standard InChI is InChI=1S/C16H21N5O3/c1-10-13(20-24-19-10)9-18-15-16(23)21(8-7-17-15)14(11(2)22)12-5-3-4-6-12/h7-8,12,14H,3-6,9H2,1-2H3,(H,17,18). The van der Waals surface area contributed by atoms with Gasteiger partial charge in [0.2, 0.25) is 0 Å². The first-order chi connectivity index (χ1) is 11.6. The van der Waals surface area contributed by atoms with Crippen molar-refractivity contribution in [3.05, 3.63) is 34.1 Å². The fraction of sp³-hybridized carbons (Fsp3) is 0.562. The molecule has 2 aromatic heterocycles. The highest BCUT2D eigenvalue weighted by Gasteiger charge is 2.30. The number of carbonyl (C=O) groups is 1. The van der Waals surface area contributed by atoms with E-state index in [0.717, 1.165) is 25.7 Å². The number of nitrogens with zero attached hydrogens (tertiary/aromatic N) is 4. The molecule has 128 valence electrons. The molecule has 1 saturated carbocycles. The van der Waals surface area contributed by atoms with Crippen LogP contribution in [0, 0.1) is 12.8 Å². The number of hydrogen-bond donors (Lipinski definition) is 1. The van der Waals surface area contributed by atoms with Crippen LogP contribution in [-0.4, -0.2) is 25.6 Å². The van der Waals surface area contributed by atoms with E-state index in [1.54, 1.807) is 26.2 Å². The van der Waals surface area contributed by atoms with Crippen LogP contribution in [0.4, 0.5) is 5.82 Å². The van der Waals surface area contributed by atoms with Crippen molar-refractivity contribution in [2.75, 3.05) is 5.32 Å².